The average Bonchev–Trinajstić information content (AvgIpc) is 2.37. The monoisotopic (exact) mass is 291 g/mol. The number of amides is 1. The van der Waals surface area contributed by atoms with E-state index in [2.05, 4.69) is 5.32 Å². The first-order valence-electron chi connectivity index (χ1n) is 5.74. The molecule has 0 aliphatic carbocycles. The molecule has 0 aromatic heterocycles. The third-order valence-corrected chi connectivity index (χ3v) is 2.68. The van der Waals surface area contributed by atoms with Gasteiger partial charge in [0.1, 0.15) is 17.3 Å². The van der Waals surface area contributed by atoms with E-state index < -0.39 is 29.0 Å². The molecular weight excluding hydrogens is 281 g/mol. The van der Waals surface area contributed by atoms with Crippen molar-refractivity contribution in [3.8, 4) is 11.5 Å². The predicted molar refractivity (Wildman–Crippen MR) is 71.1 cm³/mol. The number of phenols is 2. The molecule has 4 N–H and O–H groups in total. The number of hydrogen-bond donors (Lipinski definition) is 4. The van der Waals surface area contributed by atoms with Crippen molar-refractivity contribution in [2.45, 2.75) is 0 Å². The second kappa shape index (κ2) is 5.49. The van der Waals surface area contributed by atoms with Gasteiger partial charge < -0.3 is 20.6 Å². The van der Waals surface area contributed by atoms with Crippen LogP contribution in [0.5, 0.6) is 11.5 Å². The highest BCUT2D eigenvalue weighted by atomic mass is 19.1. The highest BCUT2D eigenvalue weighted by Gasteiger charge is 2.14. The summed E-state index contributed by atoms with van der Waals surface area (Å²) in [6.07, 6.45) is 0. The molecular formula is C14H10FNO5. The Bertz CT molecular complexity index is 729. The third-order valence-electron chi connectivity index (χ3n) is 2.68. The molecule has 0 saturated heterocycles. The van der Waals surface area contributed by atoms with E-state index >= 15 is 0 Å². The molecule has 0 spiro atoms. The Balaban J connectivity index is 2.23. The number of carbonyl (C=O) groups excluding carboxylic acids is 1. The molecule has 6 nitrogen and oxygen atoms in total. The number of hydrogen-bond acceptors (Lipinski definition) is 4. The van der Waals surface area contributed by atoms with Crippen molar-refractivity contribution in [1.29, 1.82) is 0 Å². The molecule has 7 heteroatoms. The van der Waals surface area contributed by atoms with Crippen LogP contribution in [0, 0.1) is 5.82 Å². The lowest BCUT2D eigenvalue weighted by Gasteiger charge is -2.08. The Kier molecular flexibility index (Phi) is 3.75. The van der Waals surface area contributed by atoms with E-state index in [-0.39, 0.29) is 17.0 Å². The minimum absolute atomic E-state index is 0.0370. The van der Waals surface area contributed by atoms with E-state index in [9.17, 15) is 19.1 Å². The Hall–Kier alpha value is -3.09. The van der Waals surface area contributed by atoms with E-state index in [0.29, 0.717) is 0 Å². The molecule has 0 bridgehead atoms. The SMILES string of the molecule is O=C(Nc1ccc(C(=O)O)c(F)c1)c1ccc(O)cc1O. The van der Waals surface area contributed by atoms with Gasteiger partial charge in [-0.3, -0.25) is 4.79 Å². The van der Waals surface area contributed by atoms with E-state index in [0.717, 1.165) is 18.2 Å². The van der Waals surface area contributed by atoms with Crippen LogP contribution < -0.4 is 5.32 Å². The zero-order valence-corrected chi connectivity index (χ0v) is 10.5. The number of phenolic OH excluding ortho intramolecular Hbond substituents is 2. The Labute approximate surface area is 118 Å². The summed E-state index contributed by atoms with van der Waals surface area (Å²) in [5.41, 5.74) is -0.592. The van der Waals surface area contributed by atoms with Gasteiger partial charge in [-0.25, -0.2) is 9.18 Å². The van der Waals surface area contributed by atoms with Crippen LogP contribution in [0.3, 0.4) is 0 Å². The Morgan fingerprint density at radius 3 is 2.24 bits per heavy atom. The number of halogens is 1. The van der Waals surface area contributed by atoms with Gasteiger partial charge in [-0.05, 0) is 30.3 Å². The molecule has 1 amide bonds. The van der Waals surface area contributed by atoms with Crippen molar-refractivity contribution < 1.29 is 29.3 Å². The van der Waals surface area contributed by atoms with Gasteiger partial charge in [-0.2, -0.15) is 0 Å². The lowest BCUT2D eigenvalue weighted by atomic mass is 10.1. The first kappa shape index (κ1) is 14.3. The summed E-state index contributed by atoms with van der Waals surface area (Å²) in [6.45, 7) is 0. The molecule has 2 rings (SSSR count). The van der Waals surface area contributed by atoms with Gasteiger partial charge in [0.2, 0.25) is 0 Å². The van der Waals surface area contributed by atoms with E-state index in [1.807, 2.05) is 0 Å². The third kappa shape index (κ3) is 3.08. The number of aromatic hydroxyl groups is 2. The van der Waals surface area contributed by atoms with Gasteiger partial charge in [0.15, 0.2) is 0 Å². The molecule has 0 fully saturated rings. The van der Waals surface area contributed by atoms with Crippen LogP contribution in [0.4, 0.5) is 10.1 Å². The summed E-state index contributed by atoms with van der Waals surface area (Å²) >= 11 is 0. The minimum Gasteiger partial charge on any atom is -0.508 e. The van der Waals surface area contributed by atoms with E-state index in [1.165, 1.54) is 18.2 Å². The number of aromatic carboxylic acids is 1. The molecule has 0 radical (unpaired) electrons. The summed E-state index contributed by atoms with van der Waals surface area (Å²) < 4.78 is 13.5. The van der Waals surface area contributed by atoms with E-state index in [4.69, 9.17) is 10.2 Å². The molecule has 0 heterocycles. The van der Waals surface area contributed by atoms with Crippen molar-refractivity contribution in [2.75, 3.05) is 5.32 Å². The zero-order valence-electron chi connectivity index (χ0n) is 10.5. The molecule has 0 unspecified atom stereocenters. The fourth-order valence-electron chi connectivity index (χ4n) is 1.68. The normalized spacial score (nSPS) is 10.1. The lowest BCUT2D eigenvalue weighted by Crippen LogP contribution is -2.12. The maximum Gasteiger partial charge on any atom is 0.338 e. The lowest BCUT2D eigenvalue weighted by molar-refractivity contribution is 0.0691. The van der Waals surface area contributed by atoms with Gasteiger partial charge in [-0.1, -0.05) is 0 Å². The molecule has 0 aliphatic heterocycles. The zero-order chi connectivity index (χ0) is 15.6. The van der Waals surface area contributed by atoms with Gasteiger partial charge in [0, 0.05) is 11.8 Å². The van der Waals surface area contributed by atoms with Gasteiger partial charge in [0.05, 0.1) is 11.1 Å². The maximum absolute atomic E-state index is 13.5. The summed E-state index contributed by atoms with van der Waals surface area (Å²) in [5, 5.41) is 29.7. The quantitative estimate of drug-likeness (QED) is 0.693. The first-order chi connectivity index (χ1) is 9.88. The van der Waals surface area contributed by atoms with Gasteiger partial charge in [0.25, 0.3) is 5.91 Å². The number of benzene rings is 2. The van der Waals surface area contributed by atoms with Crippen molar-refractivity contribution in [2.24, 2.45) is 0 Å². The Morgan fingerprint density at radius 2 is 1.67 bits per heavy atom. The smallest absolute Gasteiger partial charge is 0.338 e. The fourth-order valence-corrected chi connectivity index (χ4v) is 1.68. The minimum atomic E-state index is -1.42. The summed E-state index contributed by atoms with van der Waals surface area (Å²) in [6, 6.07) is 6.50. The van der Waals surface area contributed by atoms with Crippen LogP contribution in [0.2, 0.25) is 0 Å². The molecule has 0 saturated carbocycles. The molecule has 0 atom stereocenters. The first-order valence-corrected chi connectivity index (χ1v) is 5.74. The molecule has 108 valence electrons. The van der Waals surface area contributed by atoms with E-state index in [1.54, 1.807) is 0 Å². The standard InChI is InChI=1S/C14H10FNO5/c15-11-5-7(1-3-9(11)14(20)21)16-13(19)10-4-2-8(17)6-12(10)18/h1-6,17-18H,(H,16,19)(H,20,21). The van der Waals surface area contributed by atoms with Crippen LogP contribution in [-0.2, 0) is 0 Å². The molecule has 2 aromatic rings. The highest BCUT2D eigenvalue weighted by molar-refractivity contribution is 6.06. The number of rotatable bonds is 3. The summed E-state index contributed by atoms with van der Waals surface area (Å²) in [5.74, 6) is -3.78. The highest BCUT2D eigenvalue weighted by Crippen LogP contribution is 2.24. The van der Waals surface area contributed by atoms with Crippen LogP contribution in [0.1, 0.15) is 20.7 Å². The second-order valence-electron chi connectivity index (χ2n) is 4.16. The van der Waals surface area contributed by atoms with Crippen molar-refractivity contribution in [1.82, 2.24) is 0 Å². The number of anilines is 1. The maximum atomic E-state index is 13.5. The fraction of sp³-hybridized carbons (Fsp3) is 0. The summed E-state index contributed by atoms with van der Waals surface area (Å²) in [4.78, 5) is 22.6. The van der Waals surface area contributed by atoms with Crippen LogP contribution in [-0.4, -0.2) is 27.2 Å². The molecule has 2 aromatic carbocycles. The largest absolute Gasteiger partial charge is 0.508 e. The number of carboxylic acid groups (broad SMARTS) is 1. The Morgan fingerprint density at radius 1 is 1.00 bits per heavy atom. The van der Waals surface area contributed by atoms with Gasteiger partial charge >= 0.3 is 5.97 Å². The number of carboxylic acids is 1. The van der Waals surface area contributed by atoms with Crippen LogP contribution in [0.15, 0.2) is 36.4 Å². The molecule has 0 aliphatic rings. The number of nitrogens with one attached hydrogen (secondary N) is 1. The average molecular weight is 291 g/mol. The van der Waals surface area contributed by atoms with Crippen LogP contribution in [0.25, 0.3) is 0 Å². The van der Waals surface area contributed by atoms with Crippen molar-refractivity contribution >= 4 is 17.6 Å². The summed E-state index contributed by atoms with van der Waals surface area (Å²) in [7, 11) is 0. The second-order valence-corrected chi connectivity index (χ2v) is 4.16. The van der Waals surface area contributed by atoms with Crippen LogP contribution >= 0.6 is 0 Å². The predicted octanol–water partition coefficient (Wildman–Crippen LogP) is 2.19. The number of carbonyl (C=O) groups is 2. The van der Waals surface area contributed by atoms with Gasteiger partial charge in [-0.15, -0.1) is 0 Å². The molecule has 21 heavy (non-hydrogen) atoms. The van der Waals surface area contributed by atoms with Crippen molar-refractivity contribution in [3.63, 3.8) is 0 Å². The van der Waals surface area contributed by atoms with Crippen molar-refractivity contribution in [3.05, 3.63) is 53.3 Å². The topological polar surface area (TPSA) is 107 Å².